The molecule has 0 aromatic carbocycles. The van der Waals surface area contributed by atoms with Crippen LogP contribution in [0.3, 0.4) is 0 Å². The molecule has 1 fully saturated rings. The summed E-state index contributed by atoms with van der Waals surface area (Å²) in [6, 6.07) is 3.95. The van der Waals surface area contributed by atoms with Gasteiger partial charge < -0.3 is 14.2 Å². The maximum absolute atomic E-state index is 5.98. The van der Waals surface area contributed by atoms with E-state index in [0.29, 0.717) is 19.8 Å². The first-order chi connectivity index (χ1) is 9.31. The van der Waals surface area contributed by atoms with Gasteiger partial charge in [-0.25, -0.2) is 0 Å². The van der Waals surface area contributed by atoms with Crippen molar-refractivity contribution in [2.24, 2.45) is 0 Å². The van der Waals surface area contributed by atoms with E-state index in [0.717, 1.165) is 12.1 Å². The molecule has 0 aliphatic carbocycles. The van der Waals surface area contributed by atoms with E-state index in [1.807, 2.05) is 19.2 Å². The lowest BCUT2D eigenvalue weighted by molar-refractivity contribution is -0.0362. The van der Waals surface area contributed by atoms with Crippen LogP contribution in [0.15, 0.2) is 37.4 Å². The summed E-state index contributed by atoms with van der Waals surface area (Å²) in [6.45, 7) is 5.99. The first-order valence-corrected chi connectivity index (χ1v) is 6.37. The van der Waals surface area contributed by atoms with E-state index < -0.39 is 0 Å². The molecule has 0 saturated carbocycles. The average Bonchev–Trinajstić information content (AvgIpc) is 2.81. The van der Waals surface area contributed by atoms with Gasteiger partial charge in [0.1, 0.15) is 12.8 Å². The highest BCUT2D eigenvalue weighted by molar-refractivity contribution is 5.13. The van der Waals surface area contributed by atoms with Crippen LogP contribution in [-0.4, -0.2) is 49.4 Å². The number of rotatable bonds is 7. The molecular weight excluding hydrogens is 244 g/mol. The van der Waals surface area contributed by atoms with Gasteiger partial charge in [-0.15, -0.1) is 0 Å². The van der Waals surface area contributed by atoms with E-state index >= 15 is 0 Å². The molecule has 19 heavy (non-hydrogen) atoms. The second-order valence-electron chi connectivity index (χ2n) is 4.44. The summed E-state index contributed by atoms with van der Waals surface area (Å²) < 4.78 is 16.5. The topological polar surface area (TPSA) is 43.8 Å². The summed E-state index contributed by atoms with van der Waals surface area (Å²) in [5.74, 6) is 0. The lowest BCUT2D eigenvalue weighted by atomic mass is 10.2. The van der Waals surface area contributed by atoms with E-state index in [1.165, 1.54) is 6.26 Å². The van der Waals surface area contributed by atoms with E-state index in [9.17, 15) is 0 Å². The van der Waals surface area contributed by atoms with Gasteiger partial charge in [-0.1, -0.05) is 6.58 Å². The summed E-state index contributed by atoms with van der Waals surface area (Å²) in [7, 11) is 2.05. The predicted molar refractivity (Wildman–Crippen MR) is 71.4 cm³/mol. The molecule has 0 N–H and O–H groups in total. The Morgan fingerprint density at radius 1 is 1.47 bits per heavy atom. The molecule has 0 bridgehead atoms. The summed E-state index contributed by atoms with van der Waals surface area (Å²) in [4.78, 5) is 6.19. The van der Waals surface area contributed by atoms with Crippen LogP contribution in [0.1, 0.15) is 11.8 Å². The number of hydrogen-bond acceptors (Lipinski definition) is 5. The fraction of sp³-hybridized carbons (Fsp3) is 0.500. The van der Waals surface area contributed by atoms with Gasteiger partial charge in [-0.2, -0.15) is 0 Å². The second-order valence-corrected chi connectivity index (χ2v) is 4.44. The van der Waals surface area contributed by atoms with Crippen LogP contribution in [0.25, 0.3) is 0 Å². The van der Waals surface area contributed by atoms with E-state index in [1.54, 1.807) is 12.4 Å². The minimum absolute atomic E-state index is 0.0129. The van der Waals surface area contributed by atoms with Crippen molar-refractivity contribution in [1.29, 1.82) is 0 Å². The third kappa shape index (κ3) is 4.02. The Morgan fingerprint density at radius 2 is 2.26 bits per heavy atom. The van der Waals surface area contributed by atoms with Crippen molar-refractivity contribution in [2.75, 3.05) is 33.4 Å². The molecule has 104 valence electrons. The zero-order valence-electron chi connectivity index (χ0n) is 11.2. The van der Waals surface area contributed by atoms with Crippen molar-refractivity contribution < 1.29 is 14.2 Å². The number of pyridine rings is 1. The van der Waals surface area contributed by atoms with Crippen LogP contribution in [0.5, 0.6) is 0 Å². The normalized spacial score (nSPS) is 23.4. The van der Waals surface area contributed by atoms with Crippen LogP contribution in [-0.2, 0) is 14.2 Å². The first-order valence-electron chi connectivity index (χ1n) is 6.37. The smallest absolute Gasteiger partial charge is 0.137 e. The highest BCUT2D eigenvalue weighted by Crippen LogP contribution is 2.28. The molecule has 1 aliphatic rings. The predicted octanol–water partition coefficient (Wildman–Crippen LogP) is 1.59. The molecule has 0 unspecified atom stereocenters. The Balaban J connectivity index is 1.76. The summed E-state index contributed by atoms with van der Waals surface area (Å²) in [5, 5.41) is 0. The van der Waals surface area contributed by atoms with Crippen LogP contribution >= 0.6 is 0 Å². The molecule has 1 aliphatic heterocycles. The largest absolute Gasteiger partial charge is 0.499 e. The maximum atomic E-state index is 5.98. The van der Waals surface area contributed by atoms with Gasteiger partial charge in [-0.05, 0) is 24.7 Å². The Morgan fingerprint density at radius 3 is 3.00 bits per heavy atom. The van der Waals surface area contributed by atoms with Gasteiger partial charge in [-0.3, -0.25) is 9.88 Å². The molecule has 5 heteroatoms. The lowest BCUT2D eigenvalue weighted by Crippen LogP contribution is -2.22. The quantitative estimate of drug-likeness (QED) is 0.552. The molecule has 2 atom stereocenters. The van der Waals surface area contributed by atoms with Crippen LogP contribution < -0.4 is 0 Å². The molecule has 5 nitrogen and oxygen atoms in total. The molecule has 1 aromatic heterocycles. The second kappa shape index (κ2) is 7.23. The van der Waals surface area contributed by atoms with Crippen molar-refractivity contribution >= 4 is 0 Å². The van der Waals surface area contributed by atoms with Crippen LogP contribution in [0.2, 0.25) is 0 Å². The maximum Gasteiger partial charge on any atom is 0.137 e. The van der Waals surface area contributed by atoms with Crippen molar-refractivity contribution in [3.8, 4) is 0 Å². The summed E-state index contributed by atoms with van der Waals surface area (Å²) >= 11 is 0. The van der Waals surface area contributed by atoms with Crippen LogP contribution in [0, 0.1) is 0 Å². The van der Waals surface area contributed by atoms with Crippen molar-refractivity contribution in [1.82, 2.24) is 9.88 Å². The Hall–Kier alpha value is -1.43. The van der Waals surface area contributed by atoms with E-state index in [-0.39, 0.29) is 12.3 Å². The molecule has 2 rings (SSSR count). The Labute approximate surface area is 113 Å². The minimum atomic E-state index is -0.0129. The zero-order valence-corrected chi connectivity index (χ0v) is 11.2. The highest BCUT2D eigenvalue weighted by atomic mass is 16.6. The minimum Gasteiger partial charge on any atom is -0.499 e. The number of nitrogens with zero attached hydrogens (tertiary/aromatic N) is 2. The van der Waals surface area contributed by atoms with Gasteiger partial charge in [0.15, 0.2) is 0 Å². The fourth-order valence-corrected chi connectivity index (χ4v) is 2.10. The number of likely N-dealkylation sites (N-methyl/N-ethyl adjacent to an activating group) is 1. The summed E-state index contributed by atoms with van der Waals surface area (Å²) in [5.41, 5.74) is 1.12. The summed E-state index contributed by atoms with van der Waals surface area (Å²) in [6.07, 6.45) is 5.06. The SMILES string of the molecule is C=COCCOC[C@H]1CN(C)[C@@H](c2ccncc2)O1. The van der Waals surface area contributed by atoms with Crippen molar-refractivity contribution in [3.63, 3.8) is 0 Å². The molecular formula is C14H20N2O3. The monoisotopic (exact) mass is 264 g/mol. The molecule has 2 heterocycles. The first kappa shape index (κ1) is 14.0. The van der Waals surface area contributed by atoms with Gasteiger partial charge in [0.2, 0.25) is 0 Å². The highest BCUT2D eigenvalue weighted by Gasteiger charge is 2.31. The van der Waals surface area contributed by atoms with Gasteiger partial charge >= 0.3 is 0 Å². The lowest BCUT2D eigenvalue weighted by Gasteiger charge is -2.17. The third-order valence-corrected chi connectivity index (χ3v) is 2.97. The van der Waals surface area contributed by atoms with Crippen molar-refractivity contribution in [3.05, 3.63) is 42.9 Å². The van der Waals surface area contributed by atoms with Gasteiger partial charge in [0.25, 0.3) is 0 Å². The number of ether oxygens (including phenoxy) is 3. The molecule has 0 spiro atoms. The van der Waals surface area contributed by atoms with E-state index in [2.05, 4.69) is 16.5 Å². The third-order valence-electron chi connectivity index (χ3n) is 2.97. The number of hydrogen-bond donors (Lipinski definition) is 0. The molecule has 1 aromatic rings. The zero-order chi connectivity index (χ0) is 13.5. The van der Waals surface area contributed by atoms with E-state index in [4.69, 9.17) is 14.2 Å². The average molecular weight is 264 g/mol. The number of aromatic nitrogens is 1. The molecule has 1 saturated heterocycles. The van der Waals surface area contributed by atoms with Gasteiger partial charge in [0.05, 0.1) is 25.6 Å². The van der Waals surface area contributed by atoms with Crippen molar-refractivity contribution in [2.45, 2.75) is 12.3 Å². The standard InChI is InChI=1S/C14H20N2O3/c1-3-17-8-9-18-11-13-10-16(2)14(19-13)12-4-6-15-7-5-12/h3-7,13-14H,1,8-11H2,2H3/t13-,14-/m1/s1. The Bertz CT molecular complexity index is 386. The fourth-order valence-electron chi connectivity index (χ4n) is 2.10. The van der Waals surface area contributed by atoms with Gasteiger partial charge in [0, 0.05) is 18.9 Å². The molecule has 0 amide bonds. The molecule has 0 radical (unpaired) electrons. The van der Waals surface area contributed by atoms with Crippen LogP contribution in [0.4, 0.5) is 0 Å². The Kier molecular flexibility index (Phi) is 5.32.